The molecule has 1 aromatic heterocycles. The molecule has 2 aromatic rings. The maximum Gasteiger partial charge on any atom is 0.227 e. The van der Waals surface area contributed by atoms with E-state index in [4.69, 9.17) is 4.74 Å². The number of benzene rings is 1. The zero-order chi connectivity index (χ0) is 17.1. The molecule has 0 aliphatic carbocycles. The van der Waals surface area contributed by atoms with Crippen molar-refractivity contribution in [2.45, 2.75) is 32.7 Å². The zero-order valence-electron chi connectivity index (χ0n) is 14.2. The Morgan fingerprint density at radius 1 is 1.29 bits per heavy atom. The fraction of sp³-hybridized carbons (Fsp3) is 0.389. The van der Waals surface area contributed by atoms with Gasteiger partial charge in [-0.3, -0.25) is 4.79 Å². The normalized spacial score (nSPS) is 15.5. The number of methoxy groups -OCH3 is 1. The molecular formula is C18H22N4O2. The number of nitrogens with zero attached hydrogens (tertiary/aromatic N) is 3. The van der Waals surface area contributed by atoms with Gasteiger partial charge in [0, 0.05) is 30.4 Å². The van der Waals surface area contributed by atoms with Crippen molar-refractivity contribution in [1.29, 1.82) is 0 Å². The van der Waals surface area contributed by atoms with Gasteiger partial charge in [0.25, 0.3) is 0 Å². The summed E-state index contributed by atoms with van der Waals surface area (Å²) in [7, 11) is 1.59. The van der Waals surface area contributed by atoms with Crippen LogP contribution >= 0.6 is 0 Å². The van der Waals surface area contributed by atoms with Crippen LogP contribution < -0.4 is 15.0 Å². The first kappa shape index (κ1) is 16.2. The molecule has 3 rings (SSSR count). The zero-order valence-corrected chi connectivity index (χ0v) is 14.2. The second-order valence-electron chi connectivity index (χ2n) is 5.99. The van der Waals surface area contributed by atoms with Crippen molar-refractivity contribution in [3.8, 4) is 5.88 Å². The van der Waals surface area contributed by atoms with Crippen molar-refractivity contribution in [3.05, 3.63) is 41.6 Å². The summed E-state index contributed by atoms with van der Waals surface area (Å²) in [6.45, 7) is 4.74. The van der Waals surface area contributed by atoms with E-state index in [1.807, 2.05) is 43.0 Å². The molecule has 126 valence electrons. The number of rotatable bonds is 5. The molecule has 1 N–H and O–H groups in total. The van der Waals surface area contributed by atoms with Gasteiger partial charge in [0.2, 0.25) is 17.7 Å². The number of hydrogen-bond acceptors (Lipinski definition) is 5. The number of aryl methyl sites for hydroxylation is 1. The number of anilines is 2. The molecule has 6 nitrogen and oxygen atoms in total. The highest BCUT2D eigenvalue weighted by Crippen LogP contribution is 2.26. The molecule has 24 heavy (non-hydrogen) atoms. The second kappa shape index (κ2) is 6.86. The van der Waals surface area contributed by atoms with Crippen molar-refractivity contribution >= 4 is 17.5 Å². The van der Waals surface area contributed by atoms with E-state index in [0.717, 1.165) is 29.9 Å². The van der Waals surface area contributed by atoms with E-state index in [0.29, 0.717) is 18.2 Å². The van der Waals surface area contributed by atoms with Crippen molar-refractivity contribution in [1.82, 2.24) is 9.97 Å². The van der Waals surface area contributed by atoms with E-state index < -0.39 is 0 Å². The molecule has 1 aromatic carbocycles. The Morgan fingerprint density at radius 2 is 2.12 bits per heavy atom. The molecule has 1 fully saturated rings. The molecule has 0 spiro atoms. The predicted octanol–water partition coefficient (Wildman–Crippen LogP) is 3.09. The number of ether oxygens (including phenoxy) is 1. The Balaban J connectivity index is 1.79. The first-order chi connectivity index (χ1) is 11.6. The van der Waals surface area contributed by atoms with Gasteiger partial charge in [-0.25, -0.2) is 4.98 Å². The van der Waals surface area contributed by atoms with Crippen LogP contribution in [0.15, 0.2) is 30.3 Å². The standard InChI is InChI=1S/C18H22N4O2/c1-12-10-16(24-3)21-18(19-12)20-13(2)14-6-4-7-15(11-14)22-9-5-8-17(22)23/h4,6-7,10-11,13H,5,8-9H2,1-3H3,(H,19,20,21). The molecule has 6 heteroatoms. The summed E-state index contributed by atoms with van der Waals surface area (Å²) in [6, 6.07) is 9.84. The summed E-state index contributed by atoms with van der Waals surface area (Å²) < 4.78 is 5.19. The molecular weight excluding hydrogens is 304 g/mol. The van der Waals surface area contributed by atoms with Crippen LogP contribution in [0.5, 0.6) is 5.88 Å². The van der Waals surface area contributed by atoms with Gasteiger partial charge in [-0.2, -0.15) is 4.98 Å². The molecule has 0 bridgehead atoms. The number of carbonyl (C=O) groups is 1. The lowest BCUT2D eigenvalue weighted by atomic mass is 10.1. The number of carbonyl (C=O) groups excluding carboxylic acids is 1. The van der Waals surface area contributed by atoms with Crippen LogP contribution in [0, 0.1) is 6.92 Å². The van der Waals surface area contributed by atoms with Crippen LogP contribution in [-0.2, 0) is 4.79 Å². The third kappa shape index (κ3) is 3.48. The minimum absolute atomic E-state index is 0.00848. The minimum Gasteiger partial charge on any atom is -0.481 e. The van der Waals surface area contributed by atoms with Gasteiger partial charge in [0.1, 0.15) is 0 Å². The highest BCUT2D eigenvalue weighted by molar-refractivity contribution is 5.95. The monoisotopic (exact) mass is 326 g/mol. The summed E-state index contributed by atoms with van der Waals surface area (Å²) in [5.41, 5.74) is 2.87. The number of aromatic nitrogens is 2. The largest absolute Gasteiger partial charge is 0.481 e. The quantitative estimate of drug-likeness (QED) is 0.914. The molecule has 1 atom stereocenters. The second-order valence-corrected chi connectivity index (χ2v) is 5.99. The van der Waals surface area contributed by atoms with Crippen LogP contribution in [0.3, 0.4) is 0 Å². The fourth-order valence-corrected chi connectivity index (χ4v) is 2.87. The summed E-state index contributed by atoms with van der Waals surface area (Å²) >= 11 is 0. The van der Waals surface area contributed by atoms with Crippen LogP contribution in [0.25, 0.3) is 0 Å². The SMILES string of the molecule is COc1cc(C)nc(NC(C)c2cccc(N3CCCC3=O)c2)n1. The van der Waals surface area contributed by atoms with Gasteiger partial charge in [0.05, 0.1) is 13.2 Å². The fourth-order valence-electron chi connectivity index (χ4n) is 2.87. The lowest BCUT2D eigenvalue weighted by molar-refractivity contribution is -0.117. The molecule has 1 saturated heterocycles. The molecule has 2 heterocycles. The van der Waals surface area contributed by atoms with Gasteiger partial charge < -0.3 is 15.0 Å². The number of hydrogen-bond donors (Lipinski definition) is 1. The first-order valence-electron chi connectivity index (χ1n) is 8.13. The first-order valence-corrected chi connectivity index (χ1v) is 8.13. The van der Waals surface area contributed by atoms with Crippen molar-refractivity contribution in [3.63, 3.8) is 0 Å². The Hall–Kier alpha value is -2.63. The predicted molar refractivity (Wildman–Crippen MR) is 93.4 cm³/mol. The number of amides is 1. The van der Waals surface area contributed by atoms with Crippen LogP contribution in [-0.4, -0.2) is 29.5 Å². The van der Waals surface area contributed by atoms with Crippen molar-refractivity contribution in [2.24, 2.45) is 0 Å². The van der Waals surface area contributed by atoms with Crippen LogP contribution in [0.4, 0.5) is 11.6 Å². The van der Waals surface area contributed by atoms with Gasteiger partial charge >= 0.3 is 0 Å². The topological polar surface area (TPSA) is 67.3 Å². The average Bonchev–Trinajstić information content (AvgIpc) is 3.00. The number of nitrogens with one attached hydrogen (secondary N) is 1. The lowest BCUT2D eigenvalue weighted by Crippen LogP contribution is -2.23. The average molecular weight is 326 g/mol. The van der Waals surface area contributed by atoms with Crippen LogP contribution in [0.2, 0.25) is 0 Å². The summed E-state index contributed by atoms with van der Waals surface area (Å²) in [5.74, 6) is 1.26. The molecule has 0 radical (unpaired) electrons. The van der Waals surface area contributed by atoms with E-state index >= 15 is 0 Å². The van der Waals surface area contributed by atoms with E-state index in [9.17, 15) is 4.79 Å². The third-order valence-corrected chi connectivity index (χ3v) is 4.14. The van der Waals surface area contributed by atoms with Crippen molar-refractivity contribution in [2.75, 3.05) is 23.9 Å². The summed E-state index contributed by atoms with van der Waals surface area (Å²) in [5, 5.41) is 3.30. The maximum absolute atomic E-state index is 11.9. The van der Waals surface area contributed by atoms with Gasteiger partial charge in [0.15, 0.2) is 0 Å². The van der Waals surface area contributed by atoms with E-state index in [2.05, 4.69) is 15.3 Å². The Labute approximate surface area is 141 Å². The summed E-state index contributed by atoms with van der Waals surface area (Å²) in [4.78, 5) is 22.5. The van der Waals surface area contributed by atoms with Gasteiger partial charge in [-0.15, -0.1) is 0 Å². The Kier molecular flexibility index (Phi) is 4.64. The van der Waals surface area contributed by atoms with Gasteiger partial charge in [-0.1, -0.05) is 12.1 Å². The molecule has 1 aliphatic rings. The Morgan fingerprint density at radius 3 is 2.83 bits per heavy atom. The summed E-state index contributed by atoms with van der Waals surface area (Å²) in [6.07, 6.45) is 1.56. The minimum atomic E-state index is 0.00848. The van der Waals surface area contributed by atoms with Crippen molar-refractivity contribution < 1.29 is 9.53 Å². The molecule has 1 amide bonds. The smallest absolute Gasteiger partial charge is 0.227 e. The van der Waals surface area contributed by atoms with E-state index in [1.54, 1.807) is 13.2 Å². The van der Waals surface area contributed by atoms with Gasteiger partial charge in [-0.05, 0) is 38.0 Å². The van der Waals surface area contributed by atoms with Crippen LogP contribution in [0.1, 0.15) is 37.1 Å². The molecule has 0 saturated carbocycles. The molecule has 1 unspecified atom stereocenters. The molecule has 1 aliphatic heterocycles. The van der Waals surface area contributed by atoms with E-state index in [1.165, 1.54) is 0 Å². The third-order valence-electron chi connectivity index (χ3n) is 4.14. The highest BCUT2D eigenvalue weighted by Gasteiger charge is 2.22. The lowest BCUT2D eigenvalue weighted by Gasteiger charge is -2.19. The Bertz CT molecular complexity index is 748. The highest BCUT2D eigenvalue weighted by atomic mass is 16.5. The van der Waals surface area contributed by atoms with E-state index in [-0.39, 0.29) is 11.9 Å². The maximum atomic E-state index is 11.9.